The minimum atomic E-state index is -0.467. The molecule has 1 amide bonds. The molecule has 1 rings (SSSR count). The Hall–Kier alpha value is -1.51. The molecule has 0 aromatic heterocycles. The molecule has 1 N–H and O–H groups in total. The summed E-state index contributed by atoms with van der Waals surface area (Å²) in [5.74, 6) is 0.679. The van der Waals surface area contributed by atoms with Gasteiger partial charge in [-0.15, -0.1) is 0 Å². The number of hydrogen-bond acceptors (Lipinski definition) is 2. The van der Waals surface area contributed by atoms with Crippen LogP contribution in [0.25, 0.3) is 0 Å². The van der Waals surface area contributed by atoms with Gasteiger partial charge in [0.2, 0.25) is 0 Å². The third-order valence-electron chi connectivity index (χ3n) is 2.78. The van der Waals surface area contributed by atoms with Crippen molar-refractivity contribution in [1.82, 2.24) is 5.32 Å². The highest BCUT2D eigenvalue weighted by Gasteiger charge is 2.16. The first kappa shape index (κ1) is 14.6. The zero-order valence-electron chi connectivity index (χ0n) is 11.7. The Bertz CT molecular complexity index is 390. The van der Waals surface area contributed by atoms with E-state index in [4.69, 9.17) is 4.74 Å². The van der Waals surface area contributed by atoms with E-state index < -0.39 is 6.10 Å². The lowest BCUT2D eigenvalue weighted by molar-refractivity contribution is -0.127. The van der Waals surface area contributed by atoms with Crippen molar-refractivity contribution in [3.05, 3.63) is 29.8 Å². The number of ether oxygens (including phenoxy) is 1. The van der Waals surface area contributed by atoms with Crippen molar-refractivity contribution in [3.63, 3.8) is 0 Å². The third-order valence-corrected chi connectivity index (χ3v) is 2.78. The molecule has 18 heavy (non-hydrogen) atoms. The van der Waals surface area contributed by atoms with Crippen LogP contribution >= 0.6 is 0 Å². The summed E-state index contributed by atoms with van der Waals surface area (Å²) >= 11 is 0. The van der Waals surface area contributed by atoms with Crippen molar-refractivity contribution in [2.75, 3.05) is 0 Å². The lowest BCUT2D eigenvalue weighted by atomic mass is 10.2. The molecule has 3 nitrogen and oxygen atoms in total. The molecular weight excluding hydrogens is 226 g/mol. The molecule has 3 heteroatoms. The summed E-state index contributed by atoms with van der Waals surface area (Å²) in [4.78, 5) is 11.9. The van der Waals surface area contributed by atoms with Crippen LogP contribution in [0, 0.1) is 6.92 Å². The number of hydrogen-bond donors (Lipinski definition) is 1. The summed E-state index contributed by atoms with van der Waals surface area (Å²) in [5, 5.41) is 2.95. The molecule has 0 fully saturated rings. The van der Waals surface area contributed by atoms with E-state index in [1.807, 2.05) is 38.1 Å². The van der Waals surface area contributed by atoms with Crippen molar-refractivity contribution in [2.24, 2.45) is 0 Å². The molecule has 0 aliphatic carbocycles. The average Bonchev–Trinajstić information content (AvgIpc) is 2.29. The Morgan fingerprint density at radius 3 is 2.72 bits per heavy atom. The Labute approximate surface area is 110 Å². The second-order valence-corrected chi connectivity index (χ2v) is 4.77. The molecule has 0 saturated carbocycles. The van der Waals surface area contributed by atoms with Gasteiger partial charge in [0.05, 0.1) is 0 Å². The van der Waals surface area contributed by atoms with Gasteiger partial charge in [-0.05, 0) is 44.9 Å². The number of amides is 1. The highest BCUT2D eigenvalue weighted by Crippen LogP contribution is 2.14. The fourth-order valence-corrected chi connectivity index (χ4v) is 1.81. The van der Waals surface area contributed by atoms with Crippen LogP contribution in [-0.4, -0.2) is 18.1 Å². The number of nitrogens with one attached hydrogen (secondary N) is 1. The maximum Gasteiger partial charge on any atom is 0.260 e. The topological polar surface area (TPSA) is 38.3 Å². The minimum Gasteiger partial charge on any atom is -0.481 e. The minimum absolute atomic E-state index is 0.0579. The van der Waals surface area contributed by atoms with Crippen molar-refractivity contribution < 1.29 is 9.53 Å². The number of carbonyl (C=O) groups is 1. The first-order chi connectivity index (χ1) is 8.52. The van der Waals surface area contributed by atoms with Crippen LogP contribution in [0.4, 0.5) is 0 Å². The van der Waals surface area contributed by atoms with Crippen LogP contribution in [0.2, 0.25) is 0 Å². The van der Waals surface area contributed by atoms with Gasteiger partial charge in [0.25, 0.3) is 5.91 Å². The van der Waals surface area contributed by atoms with Gasteiger partial charge < -0.3 is 10.1 Å². The Morgan fingerprint density at radius 2 is 2.11 bits per heavy atom. The van der Waals surface area contributed by atoms with E-state index in [-0.39, 0.29) is 11.9 Å². The largest absolute Gasteiger partial charge is 0.481 e. The molecular formula is C15H23NO2. The van der Waals surface area contributed by atoms with E-state index >= 15 is 0 Å². The smallest absolute Gasteiger partial charge is 0.260 e. The van der Waals surface area contributed by atoms with E-state index in [9.17, 15) is 4.79 Å². The number of benzene rings is 1. The zero-order valence-corrected chi connectivity index (χ0v) is 11.7. The molecule has 0 aliphatic heterocycles. The maximum absolute atomic E-state index is 11.9. The SMILES string of the molecule is CCC[C@H](C)NC(=O)[C@@H](C)Oc1cccc(C)c1. The molecule has 0 saturated heterocycles. The van der Waals surface area contributed by atoms with Gasteiger partial charge in [0.15, 0.2) is 6.10 Å². The highest BCUT2D eigenvalue weighted by atomic mass is 16.5. The summed E-state index contributed by atoms with van der Waals surface area (Å²) in [6, 6.07) is 7.92. The van der Waals surface area contributed by atoms with Gasteiger partial charge in [0.1, 0.15) is 5.75 Å². The number of carbonyl (C=O) groups excluding carboxylic acids is 1. The van der Waals surface area contributed by atoms with Gasteiger partial charge in [-0.25, -0.2) is 0 Å². The molecule has 0 aliphatic rings. The van der Waals surface area contributed by atoms with Crippen LogP contribution < -0.4 is 10.1 Å². The van der Waals surface area contributed by atoms with Gasteiger partial charge in [-0.1, -0.05) is 25.5 Å². The quantitative estimate of drug-likeness (QED) is 0.841. The molecule has 1 aromatic carbocycles. The monoisotopic (exact) mass is 249 g/mol. The maximum atomic E-state index is 11.9. The standard InChI is InChI=1S/C15H23NO2/c1-5-7-12(3)16-15(17)13(4)18-14-9-6-8-11(2)10-14/h6,8-10,12-13H,5,7H2,1-4H3,(H,16,17)/t12-,13+/m0/s1. The molecule has 100 valence electrons. The van der Waals surface area contributed by atoms with E-state index in [2.05, 4.69) is 12.2 Å². The fourth-order valence-electron chi connectivity index (χ4n) is 1.81. The molecule has 0 radical (unpaired) electrons. The Balaban J connectivity index is 2.49. The molecule has 0 unspecified atom stereocenters. The van der Waals surface area contributed by atoms with Crippen LogP contribution in [0.15, 0.2) is 24.3 Å². The van der Waals surface area contributed by atoms with E-state index in [1.54, 1.807) is 6.92 Å². The molecule has 0 spiro atoms. The predicted molar refractivity (Wildman–Crippen MR) is 73.8 cm³/mol. The van der Waals surface area contributed by atoms with Crippen LogP contribution in [0.1, 0.15) is 39.2 Å². The molecule has 1 aromatic rings. The summed E-state index contributed by atoms with van der Waals surface area (Å²) in [5.41, 5.74) is 1.12. The summed E-state index contributed by atoms with van der Waals surface area (Å²) < 4.78 is 5.62. The Kier molecular flexibility index (Phi) is 5.69. The lowest BCUT2D eigenvalue weighted by Crippen LogP contribution is -2.41. The van der Waals surface area contributed by atoms with Gasteiger partial charge in [0, 0.05) is 6.04 Å². The fraction of sp³-hybridized carbons (Fsp3) is 0.533. The summed E-state index contributed by atoms with van der Waals surface area (Å²) in [7, 11) is 0. The Morgan fingerprint density at radius 1 is 1.39 bits per heavy atom. The molecule has 2 atom stereocenters. The lowest BCUT2D eigenvalue weighted by Gasteiger charge is -2.18. The first-order valence-electron chi connectivity index (χ1n) is 6.56. The zero-order chi connectivity index (χ0) is 13.5. The normalized spacial score (nSPS) is 13.8. The van der Waals surface area contributed by atoms with Gasteiger partial charge in [-0.3, -0.25) is 4.79 Å². The average molecular weight is 249 g/mol. The van der Waals surface area contributed by atoms with Gasteiger partial charge in [-0.2, -0.15) is 0 Å². The first-order valence-corrected chi connectivity index (χ1v) is 6.56. The van der Waals surface area contributed by atoms with Crippen molar-refractivity contribution >= 4 is 5.91 Å². The number of aryl methyl sites for hydroxylation is 1. The molecule has 0 bridgehead atoms. The van der Waals surface area contributed by atoms with E-state index in [0.717, 1.165) is 24.2 Å². The second kappa shape index (κ2) is 7.04. The van der Waals surface area contributed by atoms with Crippen LogP contribution in [0.3, 0.4) is 0 Å². The predicted octanol–water partition coefficient (Wildman–Crippen LogP) is 3.07. The van der Waals surface area contributed by atoms with E-state index in [0.29, 0.717) is 0 Å². The summed E-state index contributed by atoms with van der Waals surface area (Å²) in [6.07, 6.45) is 1.59. The van der Waals surface area contributed by atoms with Crippen molar-refractivity contribution in [1.29, 1.82) is 0 Å². The van der Waals surface area contributed by atoms with Crippen molar-refractivity contribution in [3.8, 4) is 5.75 Å². The highest BCUT2D eigenvalue weighted by molar-refractivity contribution is 5.80. The number of rotatable bonds is 6. The van der Waals surface area contributed by atoms with Crippen molar-refractivity contribution in [2.45, 2.75) is 52.7 Å². The molecule has 0 heterocycles. The summed E-state index contributed by atoms with van der Waals surface area (Å²) in [6.45, 7) is 7.90. The van der Waals surface area contributed by atoms with Crippen LogP contribution in [0.5, 0.6) is 5.75 Å². The van der Waals surface area contributed by atoms with Gasteiger partial charge >= 0.3 is 0 Å². The van der Waals surface area contributed by atoms with E-state index in [1.165, 1.54) is 0 Å². The second-order valence-electron chi connectivity index (χ2n) is 4.77. The van der Waals surface area contributed by atoms with Crippen LogP contribution in [-0.2, 0) is 4.79 Å². The third kappa shape index (κ3) is 4.78.